The number of piperidine rings is 1. The lowest BCUT2D eigenvalue weighted by Gasteiger charge is -2.34. The molecule has 1 aromatic rings. The molecule has 0 spiro atoms. The van der Waals surface area contributed by atoms with E-state index in [1.54, 1.807) is 0 Å². The summed E-state index contributed by atoms with van der Waals surface area (Å²) in [5.74, 6) is -0.180. The second-order valence-electron chi connectivity index (χ2n) is 5.32. The molecule has 0 radical (unpaired) electrons. The average Bonchev–Trinajstić information content (AvgIpc) is 2.40. The summed E-state index contributed by atoms with van der Waals surface area (Å²) in [6.07, 6.45) is 3.38. The normalized spacial score (nSPS) is 19.5. The standard InChI is InChI=1S/C15H20BrNO2/c1-11-4-6-13(9-14(11)16)17-8-2-3-12(10-17)5-7-15(18)19/h4,6,9,12H,2-3,5,7-8,10H2,1H3,(H,18,19). The van der Waals surface area contributed by atoms with Crippen LogP contribution in [0.1, 0.15) is 31.2 Å². The lowest BCUT2D eigenvalue weighted by molar-refractivity contribution is -0.137. The molecule has 3 nitrogen and oxygen atoms in total. The number of hydrogen-bond acceptors (Lipinski definition) is 2. The summed E-state index contributed by atoms with van der Waals surface area (Å²) < 4.78 is 1.14. The van der Waals surface area contributed by atoms with E-state index in [0.29, 0.717) is 5.92 Å². The van der Waals surface area contributed by atoms with Crippen LogP contribution in [-0.4, -0.2) is 24.2 Å². The highest BCUT2D eigenvalue weighted by atomic mass is 79.9. The van der Waals surface area contributed by atoms with Crippen molar-refractivity contribution >= 4 is 27.6 Å². The van der Waals surface area contributed by atoms with Crippen molar-refractivity contribution in [2.24, 2.45) is 5.92 Å². The lowest BCUT2D eigenvalue weighted by Crippen LogP contribution is -2.35. The quantitative estimate of drug-likeness (QED) is 0.914. The van der Waals surface area contributed by atoms with Gasteiger partial charge >= 0.3 is 5.97 Å². The number of nitrogens with zero attached hydrogens (tertiary/aromatic N) is 1. The second-order valence-corrected chi connectivity index (χ2v) is 6.17. The van der Waals surface area contributed by atoms with Crippen molar-refractivity contribution in [1.29, 1.82) is 0 Å². The van der Waals surface area contributed by atoms with Crippen LogP contribution < -0.4 is 4.90 Å². The molecule has 1 unspecified atom stereocenters. The van der Waals surface area contributed by atoms with Gasteiger partial charge in [0.25, 0.3) is 0 Å². The van der Waals surface area contributed by atoms with Crippen LogP contribution in [0.5, 0.6) is 0 Å². The van der Waals surface area contributed by atoms with Gasteiger partial charge in [-0.3, -0.25) is 4.79 Å². The van der Waals surface area contributed by atoms with Crippen molar-refractivity contribution in [2.45, 2.75) is 32.6 Å². The number of carboxylic acid groups (broad SMARTS) is 1. The third-order valence-corrected chi connectivity index (χ3v) is 4.66. The Balaban J connectivity index is 2.00. The Morgan fingerprint density at radius 3 is 3.00 bits per heavy atom. The Bertz CT molecular complexity index is 461. The number of anilines is 1. The van der Waals surface area contributed by atoms with E-state index in [9.17, 15) is 4.79 Å². The molecule has 0 aliphatic carbocycles. The molecule has 0 aromatic heterocycles. The molecular weight excluding hydrogens is 306 g/mol. The molecule has 1 heterocycles. The highest BCUT2D eigenvalue weighted by Gasteiger charge is 2.21. The Kier molecular flexibility index (Phi) is 4.86. The average molecular weight is 326 g/mol. The van der Waals surface area contributed by atoms with Gasteiger partial charge in [0.2, 0.25) is 0 Å². The van der Waals surface area contributed by atoms with E-state index >= 15 is 0 Å². The minimum Gasteiger partial charge on any atom is -0.481 e. The second kappa shape index (κ2) is 6.42. The van der Waals surface area contributed by atoms with Crippen LogP contribution >= 0.6 is 15.9 Å². The van der Waals surface area contributed by atoms with E-state index in [1.165, 1.54) is 11.3 Å². The minimum absolute atomic E-state index is 0.288. The zero-order valence-corrected chi connectivity index (χ0v) is 12.8. The van der Waals surface area contributed by atoms with Crippen molar-refractivity contribution in [2.75, 3.05) is 18.0 Å². The van der Waals surface area contributed by atoms with E-state index in [-0.39, 0.29) is 6.42 Å². The molecule has 1 atom stereocenters. The van der Waals surface area contributed by atoms with Gasteiger partial charge in [0.05, 0.1) is 0 Å². The van der Waals surface area contributed by atoms with Gasteiger partial charge in [-0.05, 0) is 49.8 Å². The molecule has 1 saturated heterocycles. The number of aryl methyl sites for hydroxylation is 1. The van der Waals surface area contributed by atoms with Crippen LogP contribution in [0.2, 0.25) is 0 Å². The molecule has 0 amide bonds. The lowest BCUT2D eigenvalue weighted by atomic mass is 9.93. The molecule has 1 N–H and O–H groups in total. The Labute approximate surface area is 122 Å². The Morgan fingerprint density at radius 1 is 1.53 bits per heavy atom. The molecule has 1 aliphatic rings. The number of rotatable bonds is 4. The highest BCUT2D eigenvalue weighted by molar-refractivity contribution is 9.10. The van der Waals surface area contributed by atoms with Crippen molar-refractivity contribution in [3.8, 4) is 0 Å². The monoisotopic (exact) mass is 325 g/mol. The molecule has 1 aliphatic heterocycles. The summed E-state index contributed by atoms with van der Waals surface area (Å²) in [5.41, 5.74) is 2.47. The van der Waals surface area contributed by atoms with Gasteiger partial charge in [-0.15, -0.1) is 0 Å². The van der Waals surface area contributed by atoms with Crippen LogP contribution in [0.3, 0.4) is 0 Å². The molecule has 1 fully saturated rings. The minimum atomic E-state index is -0.685. The van der Waals surface area contributed by atoms with Gasteiger partial charge < -0.3 is 10.0 Å². The number of carbonyl (C=O) groups is 1. The molecular formula is C15H20BrNO2. The van der Waals surface area contributed by atoms with Gasteiger partial charge in [-0.1, -0.05) is 22.0 Å². The van der Waals surface area contributed by atoms with E-state index in [0.717, 1.165) is 36.8 Å². The largest absolute Gasteiger partial charge is 0.481 e. The van der Waals surface area contributed by atoms with Gasteiger partial charge in [-0.25, -0.2) is 0 Å². The van der Waals surface area contributed by atoms with Crippen LogP contribution in [0, 0.1) is 12.8 Å². The summed E-state index contributed by atoms with van der Waals surface area (Å²) in [5, 5.41) is 8.77. The molecule has 0 bridgehead atoms. The first-order valence-corrected chi connectivity index (χ1v) is 7.58. The number of hydrogen-bond donors (Lipinski definition) is 1. The first-order chi connectivity index (χ1) is 9.06. The van der Waals surface area contributed by atoms with Crippen LogP contribution in [-0.2, 0) is 4.79 Å². The van der Waals surface area contributed by atoms with Crippen molar-refractivity contribution < 1.29 is 9.90 Å². The summed E-state index contributed by atoms with van der Waals surface area (Å²) in [7, 11) is 0. The molecule has 19 heavy (non-hydrogen) atoms. The van der Waals surface area contributed by atoms with E-state index < -0.39 is 5.97 Å². The van der Waals surface area contributed by atoms with E-state index in [4.69, 9.17) is 5.11 Å². The van der Waals surface area contributed by atoms with Crippen LogP contribution in [0.4, 0.5) is 5.69 Å². The third kappa shape index (κ3) is 3.96. The number of halogens is 1. The van der Waals surface area contributed by atoms with E-state index in [2.05, 4.69) is 46.0 Å². The van der Waals surface area contributed by atoms with Gasteiger partial charge in [-0.2, -0.15) is 0 Å². The smallest absolute Gasteiger partial charge is 0.303 e. The molecule has 104 valence electrons. The maximum atomic E-state index is 10.7. The predicted molar refractivity (Wildman–Crippen MR) is 80.7 cm³/mol. The number of carboxylic acids is 1. The van der Waals surface area contributed by atoms with Crippen LogP contribution in [0.15, 0.2) is 22.7 Å². The zero-order valence-electron chi connectivity index (χ0n) is 11.2. The van der Waals surface area contributed by atoms with Crippen molar-refractivity contribution in [3.63, 3.8) is 0 Å². The Hall–Kier alpha value is -1.03. The SMILES string of the molecule is Cc1ccc(N2CCCC(CCC(=O)O)C2)cc1Br. The highest BCUT2D eigenvalue weighted by Crippen LogP contribution is 2.28. The first kappa shape index (κ1) is 14.4. The van der Waals surface area contributed by atoms with Crippen molar-refractivity contribution in [1.82, 2.24) is 0 Å². The zero-order chi connectivity index (χ0) is 13.8. The first-order valence-electron chi connectivity index (χ1n) is 6.79. The summed E-state index contributed by atoms with van der Waals surface area (Å²) >= 11 is 3.57. The maximum absolute atomic E-state index is 10.7. The number of benzene rings is 1. The molecule has 0 saturated carbocycles. The summed E-state index contributed by atoms with van der Waals surface area (Å²) in [6.45, 7) is 4.13. The Morgan fingerprint density at radius 2 is 2.32 bits per heavy atom. The predicted octanol–water partition coefficient (Wildman–Crippen LogP) is 3.84. The fourth-order valence-corrected chi connectivity index (χ4v) is 3.01. The molecule has 1 aromatic carbocycles. The summed E-state index contributed by atoms with van der Waals surface area (Å²) in [4.78, 5) is 13.0. The molecule has 4 heteroatoms. The summed E-state index contributed by atoms with van der Waals surface area (Å²) in [6, 6.07) is 6.44. The molecule has 2 rings (SSSR count). The van der Waals surface area contributed by atoms with Crippen LogP contribution in [0.25, 0.3) is 0 Å². The van der Waals surface area contributed by atoms with E-state index in [1.807, 2.05) is 0 Å². The fraction of sp³-hybridized carbons (Fsp3) is 0.533. The van der Waals surface area contributed by atoms with Gasteiger partial charge in [0.1, 0.15) is 0 Å². The maximum Gasteiger partial charge on any atom is 0.303 e. The topological polar surface area (TPSA) is 40.5 Å². The number of aliphatic carboxylic acids is 1. The van der Waals surface area contributed by atoms with Gasteiger partial charge in [0, 0.05) is 29.7 Å². The van der Waals surface area contributed by atoms with Gasteiger partial charge in [0.15, 0.2) is 0 Å². The van der Waals surface area contributed by atoms with Crippen molar-refractivity contribution in [3.05, 3.63) is 28.2 Å². The fourth-order valence-electron chi connectivity index (χ4n) is 2.64. The third-order valence-electron chi connectivity index (χ3n) is 3.81.